The quantitative estimate of drug-likeness (QED) is 0.749. The summed E-state index contributed by atoms with van der Waals surface area (Å²) >= 11 is 0. The molecule has 1 fully saturated rings. The van der Waals surface area contributed by atoms with Crippen LogP contribution in [-0.2, 0) is 22.7 Å². The van der Waals surface area contributed by atoms with Crippen molar-refractivity contribution in [2.75, 3.05) is 0 Å². The Bertz CT molecular complexity index is 603. The van der Waals surface area contributed by atoms with Crippen LogP contribution in [0.15, 0.2) is 18.2 Å². The predicted octanol–water partition coefficient (Wildman–Crippen LogP) is 0.679. The second-order valence-corrected chi connectivity index (χ2v) is 4.97. The lowest BCUT2D eigenvalue weighted by Gasteiger charge is -2.29. The molecule has 1 N–H and O–H groups in total. The molecule has 2 aliphatic heterocycles. The molecular weight excluding hydrogens is 242 g/mol. The summed E-state index contributed by atoms with van der Waals surface area (Å²) in [5, 5.41) is 11.3. The van der Waals surface area contributed by atoms with E-state index in [9.17, 15) is 9.59 Å². The minimum Gasteiger partial charge on any atom is -0.295 e. The van der Waals surface area contributed by atoms with E-state index < -0.39 is 0 Å². The van der Waals surface area contributed by atoms with Crippen LogP contribution in [0.2, 0.25) is 0 Å². The average Bonchev–Trinajstić information content (AvgIpc) is 2.80. The van der Waals surface area contributed by atoms with Crippen LogP contribution in [0.25, 0.3) is 0 Å². The van der Waals surface area contributed by atoms with E-state index in [0.29, 0.717) is 31.5 Å². The van der Waals surface area contributed by atoms with Gasteiger partial charge in [0.1, 0.15) is 0 Å². The normalized spacial score (nSPS) is 22.8. The van der Waals surface area contributed by atoms with Crippen molar-refractivity contribution in [1.82, 2.24) is 10.2 Å². The molecule has 1 unspecified atom stereocenters. The van der Waals surface area contributed by atoms with Crippen LogP contribution in [0, 0.1) is 11.3 Å². The van der Waals surface area contributed by atoms with Crippen molar-refractivity contribution in [3.63, 3.8) is 0 Å². The smallest absolute Gasteiger partial charge is 0.243 e. The van der Waals surface area contributed by atoms with E-state index in [1.807, 2.05) is 12.1 Å². The second kappa shape index (κ2) is 4.48. The van der Waals surface area contributed by atoms with Gasteiger partial charge in [0.05, 0.1) is 17.7 Å². The Hall–Kier alpha value is -2.19. The van der Waals surface area contributed by atoms with Crippen LogP contribution < -0.4 is 5.32 Å². The van der Waals surface area contributed by atoms with Gasteiger partial charge in [-0.25, -0.2) is 0 Å². The van der Waals surface area contributed by atoms with Gasteiger partial charge in [0.2, 0.25) is 11.8 Å². The number of nitrogens with zero attached hydrogens (tertiary/aromatic N) is 2. The highest BCUT2D eigenvalue weighted by Crippen LogP contribution is 2.27. The number of hydrogen-bond donors (Lipinski definition) is 1. The number of hydrogen-bond acceptors (Lipinski definition) is 4. The standard InChI is InChI=1S/C14H13N3O2/c15-6-9-1-2-10-7-17(8-11(10)5-9)12-3-4-13(18)16-14(12)19/h1-2,5,12H,3-4,7-8H2,(H,16,18,19). The number of amides is 2. The van der Waals surface area contributed by atoms with Gasteiger partial charge in [-0.2, -0.15) is 5.26 Å². The number of carbonyl (C=O) groups excluding carboxylic acids is 2. The first-order valence-electron chi connectivity index (χ1n) is 6.27. The zero-order valence-corrected chi connectivity index (χ0v) is 10.3. The fourth-order valence-electron chi connectivity index (χ4n) is 2.74. The van der Waals surface area contributed by atoms with Crippen LogP contribution in [0.5, 0.6) is 0 Å². The van der Waals surface area contributed by atoms with Gasteiger partial charge in [-0.3, -0.25) is 19.8 Å². The lowest BCUT2D eigenvalue weighted by molar-refractivity contribution is -0.137. The third kappa shape index (κ3) is 2.11. The van der Waals surface area contributed by atoms with Gasteiger partial charge in [-0.05, 0) is 29.7 Å². The molecule has 19 heavy (non-hydrogen) atoms. The Morgan fingerprint density at radius 2 is 2.05 bits per heavy atom. The Labute approximate surface area is 110 Å². The molecule has 1 aromatic rings. The predicted molar refractivity (Wildman–Crippen MR) is 66.6 cm³/mol. The molecule has 0 saturated carbocycles. The van der Waals surface area contributed by atoms with Crippen LogP contribution in [0.3, 0.4) is 0 Å². The van der Waals surface area contributed by atoms with Gasteiger partial charge < -0.3 is 0 Å². The molecular formula is C14H13N3O2. The molecule has 2 amide bonds. The van der Waals surface area contributed by atoms with Crippen molar-refractivity contribution in [3.8, 4) is 6.07 Å². The number of nitrogens with one attached hydrogen (secondary N) is 1. The number of carbonyl (C=O) groups is 2. The second-order valence-electron chi connectivity index (χ2n) is 4.97. The molecule has 1 aromatic carbocycles. The maximum absolute atomic E-state index is 11.8. The lowest BCUT2D eigenvalue weighted by Crippen LogP contribution is -2.50. The monoisotopic (exact) mass is 255 g/mol. The molecule has 0 aliphatic carbocycles. The first-order valence-corrected chi connectivity index (χ1v) is 6.27. The van der Waals surface area contributed by atoms with E-state index in [-0.39, 0.29) is 17.9 Å². The van der Waals surface area contributed by atoms with E-state index in [1.165, 1.54) is 0 Å². The minimum absolute atomic E-state index is 0.190. The van der Waals surface area contributed by atoms with Crippen molar-refractivity contribution >= 4 is 11.8 Å². The number of rotatable bonds is 1. The van der Waals surface area contributed by atoms with Crippen molar-refractivity contribution in [2.24, 2.45) is 0 Å². The topological polar surface area (TPSA) is 73.2 Å². The van der Waals surface area contributed by atoms with Crippen LogP contribution in [-0.4, -0.2) is 22.8 Å². The van der Waals surface area contributed by atoms with Crippen molar-refractivity contribution in [3.05, 3.63) is 34.9 Å². The molecule has 5 heteroatoms. The van der Waals surface area contributed by atoms with Crippen molar-refractivity contribution < 1.29 is 9.59 Å². The summed E-state index contributed by atoms with van der Waals surface area (Å²) in [6.07, 6.45) is 0.969. The fraction of sp³-hybridized carbons (Fsp3) is 0.357. The van der Waals surface area contributed by atoms with E-state index in [4.69, 9.17) is 5.26 Å². The third-order valence-electron chi connectivity index (χ3n) is 3.73. The molecule has 1 atom stereocenters. The molecule has 0 bridgehead atoms. The molecule has 96 valence electrons. The maximum atomic E-state index is 11.8. The van der Waals surface area contributed by atoms with Gasteiger partial charge in [-0.15, -0.1) is 0 Å². The minimum atomic E-state index is -0.240. The number of benzene rings is 1. The molecule has 5 nitrogen and oxygen atoms in total. The molecule has 0 spiro atoms. The average molecular weight is 255 g/mol. The largest absolute Gasteiger partial charge is 0.295 e. The first kappa shape index (κ1) is 11.9. The number of nitriles is 1. The third-order valence-corrected chi connectivity index (χ3v) is 3.73. The van der Waals surface area contributed by atoms with Gasteiger partial charge in [0.15, 0.2) is 0 Å². The Morgan fingerprint density at radius 1 is 1.26 bits per heavy atom. The summed E-state index contributed by atoms with van der Waals surface area (Å²) in [5.41, 5.74) is 2.90. The van der Waals surface area contributed by atoms with E-state index in [0.717, 1.165) is 11.1 Å². The highest BCUT2D eigenvalue weighted by atomic mass is 16.2. The molecule has 0 radical (unpaired) electrons. The van der Waals surface area contributed by atoms with Gasteiger partial charge in [0, 0.05) is 19.5 Å². The Balaban J connectivity index is 1.78. The van der Waals surface area contributed by atoms with Crippen molar-refractivity contribution in [2.45, 2.75) is 32.0 Å². The van der Waals surface area contributed by atoms with E-state index >= 15 is 0 Å². The molecule has 2 heterocycles. The Morgan fingerprint density at radius 3 is 2.79 bits per heavy atom. The summed E-state index contributed by atoms with van der Waals surface area (Å²) in [7, 11) is 0. The Kier molecular flexibility index (Phi) is 2.80. The van der Waals surface area contributed by atoms with Crippen molar-refractivity contribution in [1.29, 1.82) is 5.26 Å². The highest BCUT2D eigenvalue weighted by molar-refractivity contribution is 6.00. The van der Waals surface area contributed by atoms with Crippen LogP contribution in [0.4, 0.5) is 0 Å². The zero-order valence-electron chi connectivity index (χ0n) is 10.3. The summed E-state index contributed by atoms with van der Waals surface area (Å²) in [4.78, 5) is 25.1. The lowest BCUT2D eigenvalue weighted by atomic mass is 10.0. The first-order chi connectivity index (χ1) is 9.17. The van der Waals surface area contributed by atoms with E-state index in [2.05, 4.69) is 16.3 Å². The molecule has 0 aromatic heterocycles. The van der Waals surface area contributed by atoms with Gasteiger partial charge in [-0.1, -0.05) is 6.07 Å². The number of imide groups is 1. The van der Waals surface area contributed by atoms with Gasteiger partial charge in [0.25, 0.3) is 0 Å². The maximum Gasteiger partial charge on any atom is 0.243 e. The molecule has 1 saturated heterocycles. The van der Waals surface area contributed by atoms with E-state index in [1.54, 1.807) is 6.07 Å². The SMILES string of the molecule is N#Cc1ccc2c(c1)CN(C1CCC(=O)NC1=O)C2. The summed E-state index contributed by atoms with van der Waals surface area (Å²) in [6, 6.07) is 7.50. The molecule has 2 aliphatic rings. The molecule has 3 rings (SSSR count). The fourth-order valence-corrected chi connectivity index (χ4v) is 2.74. The summed E-state index contributed by atoms with van der Waals surface area (Å²) in [6.45, 7) is 1.37. The number of piperidine rings is 1. The van der Waals surface area contributed by atoms with Crippen LogP contribution in [0.1, 0.15) is 29.5 Å². The summed E-state index contributed by atoms with van der Waals surface area (Å²) in [5.74, 6) is -0.394. The highest BCUT2D eigenvalue weighted by Gasteiger charge is 2.34. The number of fused-ring (bicyclic) bond motifs is 1. The zero-order chi connectivity index (χ0) is 13.4. The van der Waals surface area contributed by atoms with Crippen LogP contribution >= 0.6 is 0 Å². The van der Waals surface area contributed by atoms with Gasteiger partial charge >= 0.3 is 0 Å². The summed E-state index contributed by atoms with van der Waals surface area (Å²) < 4.78 is 0.